The Labute approximate surface area is 153 Å². The fourth-order valence-electron chi connectivity index (χ4n) is 3.00. The summed E-state index contributed by atoms with van der Waals surface area (Å²) in [6, 6.07) is 12.4. The van der Waals surface area contributed by atoms with E-state index in [2.05, 4.69) is 44.5 Å². The lowest BCUT2D eigenvalue weighted by molar-refractivity contribution is -0.118. The second-order valence-electron chi connectivity index (χ2n) is 6.45. The minimum absolute atomic E-state index is 0.0524. The zero-order valence-electron chi connectivity index (χ0n) is 14.5. The Morgan fingerprint density at radius 2 is 2.16 bits per heavy atom. The minimum atomic E-state index is 0.0524. The van der Waals surface area contributed by atoms with Crippen LogP contribution in [0, 0.1) is 12.8 Å². The molecule has 1 saturated heterocycles. The van der Waals surface area contributed by atoms with Crippen molar-refractivity contribution in [2.45, 2.75) is 25.0 Å². The van der Waals surface area contributed by atoms with E-state index in [1.165, 1.54) is 17.3 Å². The molecule has 1 aliphatic rings. The SMILES string of the molecule is Cc1ccnc(SCC(=O)NC[C@H]2CCN(Cc3ccccc3)C2)n1. The van der Waals surface area contributed by atoms with Crippen LogP contribution in [0.15, 0.2) is 47.8 Å². The van der Waals surface area contributed by atoms with Crippen LogP contribution in [0.5, 0.6) is 0 Å². The van der Waals surface area contributed by atoms with E-state index >= 15 is 0 Å². The quantitative estimate of drug-likeness (QED) is 0.610. The lowest BCUT2D eigenvalue weighted by Gasteiger charge is -2.16. The van der Waals surface area contributed by atoms with Crippen LogP contribution in [-0.4, -0.2) is 46.2 Å². The third-order valence-electron chi connectivity index (χ3n) is 4.31. The molecule has 2 heterocycles. The van der Waals surface area contributed by atoms with Gasteiger partial charge in [0.1, 0.15) is 0 Å². The molecule has 0 unspecified atom stereocenters. The molecule has 3 rings (SSSR count). The molecule has 25 heavy (non-hydrogen) atoms. The Morgan fingerprint density at radius 1 is 1.32 bits per heavy atom. The van der Waals surface area contributed by atoms with Gasteiger partial charge in [0.15, 0.2) is 5.16 Å². The van der Waals surface area contributed by atoms with Crippen LogP contribution in [0.2, 0.25) is 0 Å². The summed E-state index contributed by atoms with van der Waals surface area (Å²) in [6.07, 6.45) is 2.86. The van der Waals surface area contributed by atoms with Gasteiger partial charge in [-0.1, -0.05) is 42.1 Å². The van der Waals surface area contributed by atoms with Crippen molar-refractivity contribution < 1.29 is 4.79 Å². The zero-order chi connectivity index (χ0) is 17.5. The van der Waals surface area contributed by atoms with Gasteiger partial charge in [0.25, 0.3) is 0 Å². The van der Waals surface area contributed by atoms with Crippen molar-refractivity contribution in [1.29, 1.82) is 0 Å². The maximum Gasteiger partial charge on any atom is 0.230 e. The average molecular weight is 356 g/mol. The molecule has 0 radical (unpaired) electrons. The van der Waals surface area contributed by atoms with E-state index in [9.17, 15) is 4.79 Å². The molecule has 1 aromatic heterocycles. The van der Waals surface area contributed by atoms with Gasteiger partial charge in [0.2, 0.25) is 5.91 Å². The van der Waals surface area contributed by atoms with Gasteiger partial charge in [-0.25, -0.2) is 9.97 Å². The second-order valence-corrected chi connectivity index (χ2v) is 7.39. The number of hydrogen-bond acceptors (Lipinski definition) is 5. The van der Waals surface area contributed by atoms with Crippen LogP contribution in [0.1, 0.15) is 17.7 Å². The zero-order valence-corrected chi connectivity index (χ0v) is 15.3. The number of aromatic nitrogens is 2. The number of hydrogen-bond donors (Lipinski definition) is 1. The van der Waals surface area contributed by atoms with Crippen molar-refractivity contribution in [1.82, 2.24) is 20.2 Å². The smallest absolute Gasteiger partial charge is 0.230 e. The number of nitrogens with zero attached hydrogens (tertiary/aromatic N) is 3. The van der Waals surface area contributed by atoms with Crippen LogP contribution < -0.4 is 5.32 Å². The Bertz CT molecular complexity index is 695. The van der Waals surface area contributed by atoms with E-state index in [0.29, 0.717) is 16.8 Å². The molecule has 1 fully saturated rings. The maximum absolute atomic E-state index is 12.0. The predicted octanol–water partition coefficient (Wildman–Crippen LogP) is 2.52. The van der Waals surface area contributed by atoms with Crippen LogP contribution in [0.25, 0.3) is 0 Å². The number of benzene rings is 1. The number of thioether (sulfide) groups is 1. The largest absolute Gasteiger partial charge is 0.355 e. The molecular formula is C19H24N4OS. The fourth-order valence-corrected chi connectivity index (χ4v) is 3.71. The molecule has 0 aliphatic carbocycles. The molecule has 1 atom stereocenters. The van der Waals surface area contributed by atoms with E-state index in [1.807, 2.05) is 19.1 Å². The predicted molar refractivity (Wildman–Crippen MR) is 100 cm³/mol. The lowest BCUT2D eigenvalue weighted by Crippen LogP contribution is -2.32. The Hall–Kier alpha value is -1.92. The van der Waals surface area contributed by atoms with Crippen molar-refractivity contribution in [2.24, 2.45) is 5.92 Å². The van der Waals surface area contributed by atoms with Crippen molar-refractivity contribution in [2.75, 3.05) is 25.4 Å². The van der Waals surface area contributed by atoms with Crippen LogP contribution in [0.3, 0.4) is 0 Å². The first kappa shape index (κ1) is 17.9. The molecule has 0 saturated carbocycles. The fraction of sp³-hybridized carbons (Fsp3) is 0.421. The molecule has 1 amide bonds. The van der Waals surface area contributed by atoms with Gasteiger partial charge in [0, 0.05) is 31.5 Å². The number of carbonyl (C=O) groups is 1. The van der Waals surface area contributed by atoms with E-state index in [-0.39, 0.29) is 5.91 Å². The van der Waals surface area contributed by atoms with Gasteiger partial charge in [-0.15, -0.1) is 0 Å². The normalized spacial score (nSPS) is 17.6. The molecule has 0 bridgehead atoms. The minimum Gasteiger partial charge on any atom is -0.355 e. The number of nitrogens with one attached hydrogen (secondary N) is 1. The monoisotopic (exact) mass is 356 g/mol. The van der Waals surface area contributed by atoms with Crippen molar-refractivity contribution in [3.05, 3.63) is 53.9 Å². The average Bonchev–Trinajstić information content (AvgIpc) is 3.06. The number of aryl methyl sites for hydroxylation is 1. The van der Waals surface area contributed by atoms with Gasteiger partial charge in [0.05, 0.1) is 5.75 Å². The van der Waals surface area contributed by atoms with Gasteiger partial charge in [-0.3, -0.25) is 9.69 Å². The highest BCUT2D eigenvalue weighted by Gasteiger charge is 2.22. The molecule has 132 valence electrons. The Balaban J connectivity index is 1.35. The summed E-state index contributed by atoms with van der Waals surface area (Å²) in [7, 11) is 0. The molecule has 1 aromatic carbocycles. The highest BCUT2D eigenvalue weighted by Crippen LogP contribution is 2.18. The highest BCUT2D eigenvalue weighted by atomic mass is 32.2. The Kier molecular flexibility index (Phi) is 6.42. The molecule has 0 spiro atoms. The van der Waals surface area contributed by atoms with E-state index in [1.54, 1.807) is 6.20 Å². The summed E-state index contributed by atoms with van der Waals surface area (Å²) in [4.78, 5) is 23.0. The standard InChI is InChI=1S/C19H24N4OS/c1-15-7-9-20-19(22-15)25-14-18(24)21-11-17-8-10-23(13-17)12-16-5-3-2-4-6-16/h2-7,9,17H,8,10-14H2,1H3,(H,21,24)/t17-/m1/s1. The first-order valence-corrected chi connectivity index (χ1v) is 9.63. The van der Waals surface area contributed by atoms with E-state index in [4.69, 9.17) is 0 Å². The third kappa shape index (κ3) is 5.83. The third-order valence-corrected chi connectivity index (χ3v) is 5.17. The van der Waals surface area contributed by atoms with Gasteiger partial charge >= 0.3 is 0 Å². The van der Waals surface area contributed by atoms with Crippen LogP contribution in [-0.2, 0) is 11.3 Å². The van der Waals surface area contributed by atoms with E-state index < -0.39 is 0 Å². The topological polar surface area (TPSA) is 58.1 Å². The Morgan fingerprint density at radius 3 is 2.96 bits per heavy atom. The number of likely N-dealkylation sites (tertiary alicyclic amines) is 1. The molecular weight excluding hydrogens is 332 g/mol. The van der Waals surface area contributed by atoms with Gasteiger partial charge in [-0.05, 0) is 37.4 Å². The molecule has 1 aliphatic heterocycles. The molecule has 2 aromatic rings. The molecule has 5 nitrogen and oxygen atoms in total. The maximum atomic E-state index is 12.0. The summed E-state index contributed by atoms with van der Waals surface area (Å²) in [6.45, 7) is 5.81. The molecule has 6 heteroatoms. The highest BCUT2D eigenvalue weighted by molar-refractivity contribution is 7.99. The first-order valence-electron chi connectivity index (χ1n) is 8.64. The van der Waals surface area contributed by atoms with E-state index in [0.717, 1.165) is 38.3 Å². The van der Waals surface area contributed by atoms with Crippen LogP contribution in [0.4, 0.5) is 0 Å². The van der Waals surface area contributed by atoms with Crippen molar-refractivity contribution in [3.8, 4) is 0 Å². The van der Waals surface area contributed by atoms with Crippen molar-refractivity contribution in [3.63, 3.8) is 0 Å². The van der Waals surface area contributed by atoms with Crippen molar-refractivity contribution >= 4 is 17.7 Å². The summed E-state index contributed by atoms with van der Waals surface area (Å²) >= 11 is 1.38. The van der Waals surface area contributed by atoms with Crippen LogP contribution >= 0.6 is 11.8 Å². The molecule has 1 N–H and O–H groups in total. The number of rotatable bonds is 7. The van der Waals surface area contributed by atoms with Gasteiger partial charge in [-0.2, -0.15) is 0 Å². The lowest BCUT2D eigenvalue weighted by atomic mass is 10.1. The summed E-state index contributed by atoms with van der Waals surface area (Å²) in [5.74, 6) is 0.952. The van der Waals surface area contributed by atoms with Gasteiger partial charge < -0.3 is 5.32 Å². The second kappa shape index (κ2) is 8.97. The number of carbonyl (C=O) groups excluding carboxylic acids is 1. The summed E-state index contributed by atoms with van der Waals surface area (Å²) in [5.41, 5.74) is 2.27. The summed E-state index contributed by atoms with van der Waals surface area (Å²) in [5, 5.41) is 3.71. The first-order chi connectivity index (χ1) is 12.2. The number of amides is 1. The summed E-state index contributed by atoms with van der Waals surface area (Å²) < 4.78 is 0.